The highest BCUT2D eigenvalue weighted by Gasteiger charge is 2.39. The Labute approximate surface area is 109 Å². The van der Waals surface area contributed by atoms with E-state index in [9.17, 15) is 4.79 Å². The standard InChI is InChI=1S/C11H21NO.2C2H6/c1-8-9(13)12-7-10(2,3)6-11(8,4)5;2*1-2/h8H,6-7H2,1-5H3,(H,12,13);2*1-2H3. The molecule has 1 heterocycles. The van der Waals surface area contributed by atoms with Crippen LogP contribution < -0.4 is 5.32 Å². The van der Waals surface area contributed by atoms with E-state index in [4.69, 9.17) is 0 Å². The molecule has 2 nitrogen and oxygen atoms in total. The van der Waals surface area contributed by atoms with E-state index >= 15 is 0 Å². The van der Waals surface area contributed by atoms with Crippen molar-refractivity contribution in [2.75, 3.05) is 6.54 Å². The molecule has 0 spiro atoms. The number of carbonyl (C=O) groups excluding carboxylic acids is 1. The third kappa shape index (κ3) is 6.09. The van der Waals surface area contributed by atoms with E-state index < -0.39 is 0 Å². The SMILES string of the molecule is CC.CC.CC1C(=O)NCC(C)(C)CC1(C)C. The second-order valence-electron chi connectivity index (χ2n) is 5.77. The molecular formula is C15H33NO. The van der Waals surface area contributed by atoms with Crippen LogP contribution in [0.25, 0.3) is 0 Å². The summed E-state index contributed by atoms with van der Waals surface area (Å²) in [6.07, 6.45) is 1.10. The maximum atomic E-state index is 11.6. The summed E-state index contributed by atoms with van der Waals surface area (Å²) in [7, 11) is 0. The molecule has 0 aromatic heterocycles. The molecule has 0 radical (unpaired) electrons. The Morgan fingerprint density at radius 2 is 1.47 bits per heavy atom. The molecule has 0 saturated carbocycles. The minimum atomic E-state index is 0.115. The molecule has 2 heteroatoms. The zero-order valence-electron chi connectivity index (χ0n) is 13.4. The van der Waals surface area contributed by atoms with Crippen LogP contribution in [0.1, 0.15) is 68.7 Å². The lowest BCUT2D eigenvalue weighted by Crippen LogP contribution is -2.34. The number of hydrogen-bond acceptors (Lipinski definition) is 1. The van der Waals surface area contributed by atoms with Gasteiger partial charge in [-0.05, 0) is 17.3 Å². The average Bonchev–Trinajstić information content (AvgIpc) is 2.34. The van der Waals surface area contributed by atoms with Crippen molar-refractivity contribution in [1.29, 1.82) is 0 Å². The minimum absolute atomic E-state index is 0.115. The number of rotatable bonds is 0. The van der Waals surface area contributed by atoms with Crippen LogP contribution in [0.3, 0.4) is 0 Å². The lowest BCUT2D eigenvalue weighted by Gasteiger charge is -2.33. The number of amides is 1. The quantitative estimate of drug-likeness (QED) is 0.677. The second kappa shape index (κ2) is 7.73. The lowest BCUT2D eigenvalue weighted by molar-refractivity contribution is -0.126. The molecule has 0 aromatic carbocycles. The van der Waals surface area contributed by atoms with Crippen molar-refractivity contribution in [2.24, 2.45) is 16.7 Å². The van der Waals surface area contributed by atoms with Crippen LogP contribution in [0.15, 0.2) is 0 Å². The first kappa shape index (κ1) is 18.8. The number of hydrogen-bond donors (Lipinski definition) is 1. The van der Waals surface area contributed by atoms with Gasteiger partial charge in [0.1, 0.15) is 0 Å². The van der Waals surface area contributed by atoms with E-state index in [0.29, 0.717) is 0 Å². The van der Waals surface area contributed by atoms with E-state index in [0.717, 1.165) is 13.0 Å². The maximum absolute atomic E-state index is 11.6. The molecule has 1 N–H and O–H groups in total. The van der Waals surface area contributed by atoms with Gasteiger partial charge in [0.25, 0.3) is 0 Å². The van der Waals surface area contributed by atoms with Crippen molar-refractivity contribution < 1.29 is 4.79 Å². The van der Waals surface area contributed by atoms with Crippen LogP contribution in [0.5, 0.6) is 0 Å². The Morgan fingerprint density at radius 3 is 1.88 bits per heavy atom. The first-order chi connectivity index (χ1) is 7.75. The molecule has 1 rings (SSSR count). The van der Waals surface area contributed by atoms with Gasteiger partial charge in [-0.1, -0.05) is 62.3 Å². The summed E-state index contributed by atoms with van der Waals surface area (Å²) in [4.78, 5) is 11.6. The molecule has 17 heavy (non-hydrogen) atoms. The third-order valence-electron chi connectivity index (χ3n) is 3.24. The summed E-state index contributed by atoms with van der Waals surface area (Å²) in [6, 6.07) is 0. The van der Waals surface area contributed by atoms with E-state index in [-0.39, 0.29) is 22.7 Å². The largest absolute Gasteiger partial charge is 0.355 e. The summed E-state index contributed by atoms with van der Waals surface area (Å²) < 4.78 is 0. The van der Waals surface area contributed by atoms with Crippen LogP contribution in [-0.2, 0) is 4.79 Å². The van der Waals surface area contributed by atoms with E-state index in [1.807, 2.05) is 34.6 Å². The fraction of sp³-hybridized carbons (Fsp3) is 0.933. The molecule has 1 aliphatic rings. The molecule has 1 unspecified atom stereocenters. The van der Waals surface area contributed by atoms with Crippen LogP contribution in [0, 0.1) is 16.7 Å². The summed E-state index contributed by atoms with van der Waals surface area (Å²) in [5, 5.41) is 3.00. The van der Waals surface area contributed by atoms with Gasteiger partial charge in [0.15, 0.2) is 0 Å². The molecule has 0 bridgehead atoms. The van der Waals surface area contributed by atoms with Gasteiger partial charge in [-0.25, -0.2) is 0 Å². The van der Waals surface area contributed by atoms with Crippen molar-refractivity contribution in [3.8, 4) is 0 Å². The number of nitrogens with one attached hydrogen (secondary N) is 1. The molecule has 1 saturated heterocycles. The Hall–Kier alpha value is -0.530. The first-order valence-corrected chi connectivity index (χ1v) is 7.02. The second-order valence-corrected chi connectivity index (χ2v) is 5.77. The van der Waals surface area contributed by atoms with Crippen molar-refractivity contribution in [3.63, 3.8) is 0 Å². The topological polar surface area (TPSA) is 29.1 Å². The van der Waals surface area contributed by atoms with Gasteiger partial charge in [-0.3, -0.25) is 4.79 Å². The normalized spacial score (nSPS) is 25.2. The van der Waals surface area contributed by atoms with Crippen molar-refractivity contribution in [3.05, 3.63) is 0 Å². The fourth-order valence-electron chi connectivity index (χ4n) is 2.28. The maximum Gasteiger partial charge on any atom is 0.223 e. The van der Waals surface area contributed by atoms with E-state index in [1.54, 1.807) is 0 Å². The van der Waals surface area contributed by atoms with Gasteiger partial charge in [0.2, 0.25) is 5.91 Å². The summed E-state index contributed by atoms with van der Waals surface area (Å²) in [6.45, 7) is 19.6. The molecule has 1 aliphatic heterocycles. The Morgan fingerprint density at radius 1 is 1.06 bits per heavy atom. The number of carbonyl (C=O) groups is 1. The zero-order valence-corrected chi connectivity index (χ0v) is 13.4. The Kier molecular flexibility index (Phi) is 8.56. The van der Waals surface area contributed by atoms with E-state index in [1.165, 1.54) is 0 Å². The molecule has 1 amide bonds. The van der Waals surface area contributed by atoms with Crippen molar-refractivity contribution in [2.45, 2.75) is 68.7 Å². The van der Waals surface area contributed by atoms with Gasteiger partial charge in [0.05, 0.1) is 0 Å². The molecule has 104 valence electrons. The molecule has 0 aromatic rings. The van der Waals surface area contributed by atoms with Gasteiger partial charge in [0, 0.05) is 12.5 Å². The highest BCUT2D eigenvalue weighted by molar-refractivity contribution is 5.79. The van der Waals surface area contributed by atoms with Crippen LogP contribution >= 0.6 is 0 Å². The molecule has 1 fully saturated rings. The average molecular weight is 243 g/mol. The van der Waals surface area contributed by atoms with Crippen LogP contribution in [-0.4, -0.2) is 12.5 Å². The van der Waals surface area contributed by atoms with Gasteiger partial charge >= 0.3 is 0 Å². The molecule has 1 atom stereocenters. The summed E-state index contributed by atoms with van der Waals surface area (Å²) in [5.41, 5.74) is 0.341. The Balaban J connectivity index is 0. The minimum Gasteiger partial charge on any atom is -0.355 e. The Bertz CT molecular complexity index is 219. The summed E-state index contributed by atoms with van der Waals surface area (Å²) >= 11 is 0. The lowest BCUT2D eigenvalue weighted by atomic mass is 9.70. The zero-order chi connectivity index (χ0) is 14.3. The first-order valence-electron chi connectivity index (χ1n) is 7.02. The summed E-state index contributed by atoms with van der Waals surface area (Å²) in [5.74, 6) is 0.324. The highest BCUT2D eigenvalue weighted by atomic mass is 16.1. The predicted molar refractivity (Wildman–Crippen MR) is 77.0 cm³/mol. The fourth-order valence-corrected chi connectivity index (χ4v) is 2.28. The smallest absolute Gasteiger partial charge is 0.223 e. The van der Waals surface area contributed by atoms with Crippen LogP contribution in [0.2, 0.25) is 0 Å². The van der Waals surface area contributed by atoms with Gasteiger partial charge in [-0.15, -0.1) is 0 Å². The van der Waals surface area contributed by atoms with Crippen molar-refractivity contribution in [1.82, 2.24) is 5.32 Å². The predicted octanol–water partition coefficient (Wildman–Crippen LogP) is 4.25. The molecular weight excluding hydrogens is 210 g/mol. The van der Waals surface area contributed by atoms with Crippen LogP contribution in [0.4, 0.5) is 0 Å². The monoisotopic (exact) mass is 243 g/mol. The molecule has 0 aliphatic carbocycles. The van der Waals surface area contributed by atoms with Crippen molar-refractivity contribution >= 4 is 5.91 Å². The van der Waals surface area contributed by atoms with Gasteiger partial charge < -0.3 is 5.32 Å². The highest BCUT2D eigenvalue weighted by Crippen LogP contribution is 2.40. The van der Waals surface area contributed by atoms with Gasteiger partial charge in [-0.2, -0.15) is 0 Å². The third-order valence-corrected chi connectivity index (χ3v) is 3.24. The van der Waals surface area contributed by atoms with E-state index in [2.05, 4.69) is 33.0 Å².